The van der Waals surface area contributed by atoms with Gasteiger partial charge in [0.25, 0.3) is 5.69 Å². The summed E-state index contributed by atoms with van der Waals surface area (Å²) in [4.78, 5) is 21.0. The predicted molar refractivity (Wildman–Crippen MR) is 114 cm³/mol. The van der Waals surface area contributed by atoms with E-state index in [2.05, 4.69) is 22.7 Å². The minimum Gasteiger partial charge on any atom is -0.271 e. The average molecular weight is 402 g/mol. The van der Waals surface area contributed by atoms with Gasteiger partial charge in [-0.05, 0) is 29.5 Å². The van der Waals surface area contributed by atoms with Crippen molar-refractivity contribution in [1.29, 1.82) is 0 Å². The topological polar surface area (TPSA) is 111 Å². The maximum Gasteiger partial charge on any atom is 0.301 e. The van der Waals surface area contributed by atoms with Crippen LogP contribution in [0.3, 0.4) is 0 Å². The molecule has 150 valence electrons. The first-order valence-corrected chi connectivity index (χ1v) is 9.41. The number of hydrogen-bond donors (Lipinski definition) is 1. The van der Waals surface area contributed by atoms with Gasteiger partial charge in [0, 0.05) is 12.0 Å². The molecule has 4 rings (SSSR count). The van der Waals surface area contributed by atoms with E-state index < -0.39 is 15.5 Å². The summed E-state index contributed by atoms with van der Waals surface area (Å²) in [5.74, 6) is 0.512. The minimum absolute atomic E-state index is 0.107. The largest absolute Gasteiger partial charge is 0.301 e. The highest BCUT2D eigenvalue weighted by molar-refractivity contribution is 6.05. The van der Waals surface area contributed by atoms with Crippen molar-refractivity contribution in [3.8, 4) is 0 Å². The van der Waals surface area contributed by atoms with Gasteiger partial charge in [0.05, 0.1) is 21.6 Å². The Morgan fingerprint density at radius 2 is 1.57 bits per heavy atom. The monoisotopic (exact) mass is 402 g/mol. The van der Waals surface area contributed by atoms with Gasteiger partial charge in [-0.25, -0.2) is 0 Å². The number of rotatable bonds is 7. The first-order chi connectivity index (χ1) is 14.5. The molecule has 0 bridgehead atoms. The third-order valence-corrected chi connectivity index (χ3v) is 5.12. The van der Waals surface area contributed by atoms with Gasteiger partial charge in [0.2, 0.25) is 0 Å². The van der Waals surface area contributed by atoms with Crippen molar-refractivity contribution in [3.63, 3.8) is 0 Å². The normalized spacial score (nSPS) is 17.9. The second-order valence-electron chi connectivity index (χ2n) is 7.05. The number of nitro groups is 2. The number of non-ortho nitro benzene ring substituents is 1. The number of nitrogens with one attached hydrogen (secondary N) is 1. The summed E-state index contributed by atoms with van der Waals surface area (Å²) in [6.07, 6.45) is 0.932. The SMILES string of the molecule is O=[N+]([O-])c1ccc(NN=C(c2ccccc2)C2CC2c2ccccc2)c([N+](=O)[O-])c1. The second-order valence-corrected chi connectivity index (χ2v) is 7.05. The molecule has 1 aliphatic rings. The summed E-state index contributed by atoms with van der Waals surface area (Å²) in [6.45, 7) is 0. The highest BCUT2D eigenvalue weighted by Crippen LogP contribution is 2.49. The summed E-state index contributed by atoms with van der Waals surface area (Å²) in [5.41, 5.74) is 5.11. The Bertz CT molecular complexity index is 1120. The summed E-state index contributed by atoms with van der Waals surface area (Å²) in [5, 5.41) is 26.8. The molecule has 0 aliphatic heterocycles. The van der Waals surface area contributed by atoms with Crippen molar-refractivity contribution in [3.05, 3.63) is 110 Å². The predicted octanol–water partition coefficient (Wildman–Crippen LogP) is 5.12. The first kappa shape index (κ1) is 19.3. The van der Waals surface area contributed by atoms with E-state index in [9.17, 15) is 20.2 Å². The molecule has 8 nitrogen and oxygen atoms in total. The molecule has 3 aromatic rings. The van der Waals surface area contributed by atoms with Gasteiger partial charge in [-0.2, -0.15) is 5.10 Å². The van der Waals surface area contributed by atoms with Gasteiger partial charge in [0.1, 0.15) is 5.69 Å². The molecule has 0 spiro atoms. The van der Waals surface area contributed by atoms with Crippen molar-refractivity contribution in [2.45, 2.75) is 12.3 Å². The van der Waals surface area contributed by atoms with Crippen LogP contribution in [0.2, 0.25) is 0 Å². The molecule has 1 fully saturated rings. The van der Waals surface area contributed by atoms with Gasteiger partial charge >= 0.3 is 5.69 Å². The molecule has 0 saturated heterocycles. The van der Waals surface area contributed by atoms with E-state index in [4.69, 9.17) is 0 Å². The van der Waals surface area contributed by atoms with Crippen LogP contribution in [0.1, 0.15) is 23.5 Å². The maximum atomic E-state index is 11.4. The molecular formula is C22H18N4O4. The number of nitrogens with zero attached hydrogens (tertiary/aromatic N) is 3. The Morgan fingerprint density at radius 3 is 2.20 bits per heavy atom. The zero-order valence-corrected chi connectivity index (χ0v) is 15.8. The molecule has 0 amide bonds. The van der Waals surface area contributed by atoms with E-state index in [1.807, 2.05) is 48.5 Å². The summed E-state index contributed by atoms with van der Waals surface area (Å²) < 4.78 is 0. The molecule has 1 aliphatic carbocycles. The summed E-state index contributed by atoms with van der Waals surface area (Å²) in [7, 11) is 0. The number of hydrogen-bond acceptors (Lipinski definition) is 6. The lowest BCUT2D eigenvalue weighted by molar-refractivity contribution is -0.393. The second kappa shape index (κ2) is 8.12. The lowest BCUT2D eigenvalue weighted by atomic mass is 10.0. The molecule has 0 radical (unpaired) electrons. The van der Waals surface area contributed by atoms with E-state index in [0.717, 1.165) is 23.8 Å². The van der Waals surface area contributed by atoms with E-state index in [1.165, 1.54) is 17.7 Å². The number of anilines is 1. The van der Waals surface area contributed by atoms with Gasteiger partial charge < -0.3 is 0 Å². The summed E-state index contributed by atoms with van der Waals surface area (Å²) in [6, 6.07) is 23.3. The highest BCUT2D eigenvalue weighted by atomic mass is 16.6. The van der Waals surface area contributed by atoms with Crippen molar-refractivity contribution < 1.29 is 9.85 Å². The zero-order valence-electron chi connectivity index (χ0n) is 15.8. The van der Waals surface area contributed by atoms with Crippen LogP contribution in [-0.4, -0.2) is 15.6 Å². The Labute approximate surface area is 172 Å². The highest BCUT2D eigenvalue weighted by Gasteiger charge is 2.42. The van der Waals surface area contributed by atoms with Gasteiger partial charge in [-0.3, -0.25) is 25.7 Å². The van der Waals surface area contributed by atoms with Crippen LogP contribution >= 0.6 is 0 Å². The molecular weight excluding hydrogens is 384 g/mol. The fourth-order valence-electron chi connectivity index (χ4n) is 3.54. The minimum atomic E-state index is -0.663. The van der Waals surface area contributed by atoms with Crippen LogP contribution in [0.4, 0.5) is 17.1 Å². The molecule has 8 heteroatoms. The molecule has 1 saturated carbocycles. The maximum absolute atomic E-state index is 11.4. The smallest absolute Gasteiger partial charge is 0.271 e. The Hall–Kier alpha value is -4.07. The van der Waals surface area contributed by atoms with Crippen LogP contribution in [-0.2, 0) is 0 Å². The molecule has 0 aromatic heterocycles. The van der Waals surface area contributed by atoms with Crippen molar-refractivity contribution >= 4 is 22.8 Å². The van der Waals surface area contributed by atoms with Crippen molar-refractivity contribution in [1.82, 2.24) is 0 Å². The molecule has 30 heavy (non-hydrogen) atoms. The van der Waals surface area contributed by atoms with E-state index in [-0.39, 0.29) is 17.3 Å². The number of benzene rings is 3. The third-order valence-electron chi connectivity index (χ3n) is 5.12. The average Bonchev–Trinajstić information content (AvgIpc) is 3.56. The zero-order chi connectivity index (χ0) is 21.1. The quantitative estimate of drug-likeness (QED) is 0.335. The van der Waals surface area contributed by atoms with E-state index in [0.29, 0.717) is 5.92 Å². The van der Waals surface area contributed by atoms with E-state index in [1.54, 1.807) is 0 Å². The fraction of sp³-hybridized carbons (Fsp3) is 0.136. The van der Waals surface area contributed by atoms with Crippen LogP contribution in [0.5, 0.6) is 0 Å². The Morgan fingerprint density at radius 1 is 0.900 bits per heavy atom. The number of nitro benzene ring substituents is 2. The summed E-state index contributed by atoms with van der Waals surface area (Å²) >= 11 is 0. The molecule has 1 N–H and O–H groups in total. The Kier molecular flexibility index (Phi) is 5.21. The fourth-order valence-corrected chi connectivity index (χ4v) is 3.54. The van der Waals surface area contributed by atoms with Crippen LogP contribution in [0, 0.1) is 26.1 Å². The first-order valence-electron chi connectivity index (χ1n) is 9.41. The van der Waals surface area contributed by atoms with Crippen LogP contribution in [0.15, 0.2) is 84.0 Å². The van der Waals surface area contributed by atoms with Gasteiger partial charge in [-0.15, -0.1) is 0 Å². The lowest BCUT2D eigenvalue weighted by Gasteiger charge is -2.09. The molecule has 2 unspecified atom stereocenters. The van der Waals surface area contributed by atoms with Crippen molar-refractivity contribution in [2.24, 2.45) is 11.0 Å². The molecule has 2 atom stereocenters. The van der Waals surface area contributed by atoms with Crippen LogP contribution < -0.4 is 5.43 Å². The Balaban J connectivity index is 1.66. The standard InChI is InChI=1S/C22H18N4O4/c27-25(28)17-11-12-20(21(13-17)26(29)30)23-24-22(16-9-5-2-6-10-16)19-14-18(19)15-7-3-1-4-8-15/h1-13,18-19,23H,14H2. The third kappa shape index (κ3) is 4.02. The van der Waals surface area contributed by atoms with Gasteiger partial charge in [0.15, 0.2) is 0 Å². The molecule has 0 heterocycles. The molecule has 3 aromatic carbocycles. The van der Waals surface area contributed by atoms with Gasteiger partial charge in [-0.1, -0.05) is 60.7 Å². The number of hydrazone groups is 1. The van der Waals surface area contributed by atoms with E-state index >= 15 is 0 Å². The lowest BCUT2D eigenvalue weighted by Crippen LogP contribution is -2.09. The van der Waals surface area contributed by atoms with Crippen molar-refractivity contribution in [2.75, 3.05) is 5.43 Å². The van der Waals surface area contributed by atoms with Crippen LogP contribution in [0.25, 0.3) is 0 Å².